The number of carbonyl (C=O) groups excluding carboxylic acids is 1. The van der Waals surface area contributed by atoms with Gasteiger partial charge in [-0.1, -0.05) is 0 Å². The number of nitrogens with zero attached hydrogens (tertiary/aromatic N) is 1. The molecular formula is C12H9NO5. The summed E-state index contributed by atoms with van der Waals surface area (Å²) in [5, 5.41) is 0. The lowest BCUT2D eigenvalue weighted by atomic mass is 10.2. The first-order chi connectivity index (χ1) is 8.78. The molecule has 0 saturated heterocycles. The second-order valence-corrected chi connectivity index (χ2v) is 3.60. The highest BCUT2D eigenvalue weighted by molar-refractivity contribution is 5.87. The lowest BCUT2D eigenvalue weighted by Crippen LogP contribution is -2.00. The lowest BCUT2D eigenvalue weighted by Gasteiger charge is -1.98. The van der Waals surface area contributed by atoms with Crippen LogP contribution in [0.4, 0.5) is 0 Å². The number of carbonyl (C=O) groups is 1. The number of esters is 1. The van der Waals surface area contributed by atoms with Gasteiger partial charge in [0.2, 0.25) is 12.7 Å². The van der Waals surface area contributed by atoms with E-state index in [1.165, 1.54) is 13.4 Å². The second-order valence-electron chi connectivity index (χ2n) is 3.60. The average molecular weight is 247 g/mol. The minimum Gasteiger partial charge on any atom is -0.464 e. The number of methoxy groups -OCH3 is 1. The van der Waals surface area contributed by atoms with Gasteiger partial charge in [0, 0.05) is 5.56 Å². The van der Waals surface area contributed by atoms with E-state index in [1.54, 1.807) is 18.2 Å². The molecule has 92 valence electrons. The van der Waals surface area contributed by atoms with Crippen LogP contribution in [0.15, 0.2) is 28.9 Å². The molecule has 0 fully saturated rings. The molecule has 0 atom stereocenters. The molecule has 2 heterocycles. The fraction of sp³-hybridized carbons (Fsp3) is 0.167. The summed E-state index contributed by atoms with van der Waals surface area (Å²) in [6.45, 7) is 0.206. The number of hydrogen-bond donors (Lipinski definition) is 0. The van der Waals surface area contributed by atoms with E-state index in [4.69, 9.17) is 13.9 Å². The topological polar surface area (TPSA) is 70.8 Å². The second kappa shape index (κ2) is 4.06. The van der Waals surface area contributed by atoms with Crippen molar-refractivity contribution < 1.29 is 23.4 Å². The molecule has 1 aliphatic rings. The largest absolute Gasteiger partial charge is 0.464 e. The minimum atomic E-state index is -0.536. The van der Waals surface area contributed by atoms with Gasteiger partial charge in [-0.2, -0.15) is 0 Å². The van der Waals surface area contributed by atoms with Crippen LogP contribution in [0.1, 0.15) is 10.5 Å². The van der Waals surface area contributed by atoms with Gasteiger partial charge in [-0.05, 0) is 18.2 Å². The van der Waals surface area contributed by atoms with Gasteiger partial charge >= 0.3 is 5.97 Å². The number of ether oxygens (including phenoxy) is 3. The van der Waals surface area contributed by atoms with Crippen LogP contribution in [-0.4, -0.2) is 24.9 Å². The predicted molar refractivity (Wildman–Crippen MR) is 59.4 cm³/mol. The van der Waals surface area contributed by atoms with Gasteiger partial charge in [0.05, 0.1) is 7.11 Å². The molecule has 1 aromatic heterocycles. The smallest absolute Gasteiger partial charge is 0.360 e. The van der Waals surface area contributed by atoms with Gasteiger partial charge in [-0.15, -0.1) is 0 Å². The molecule has 3 rings (SSSR count). The van der Waals surface area contributed by atoms with Crippen molar-refractivity contribution >= 4 is 5.97 Å². The van der Waals surface area contributed by atoms with Crippen LogP contribution in [0, 0.1) is 0 Å². The molecular weight excluding hydrogens is 238 g/mol. The zero-order valence-electron chi connectivity index (χ0n) is 9.50. The third-order valence-corrected chi connectivity index (χ3v) is 2.52. The number of aromatic nitrogens is 1. The summed E-state index contributed by atoms with van der Waals surface area (Å²) >= 11 is 0. The molecule has 0 spiro atoms. The van der Waals surface area contributed by atoms with Crippen LogP contribution in [-0.2, 0) is 4.74 Å². The third-order valence-electron chi connectivity index (χ3n) is 2.52. The van der Waals surface area contributed by atoms with Gasteiger partial charge < -0.3 is 18.6 Å². The Morgan fingerprint density at radius 2 is 2.17 bits per heavy atom. The van der Waals surface area contributed by atoms with Crippen molar-refractivity contribution in [1.82, 2.24) is 4.98 Å². The molecule has 6 heteroatoms. The standard InChI is InChI=1S/C12H9NO5/c1-15-12(14)8-5-16-11(13-8)7-2-3-9-10(4-7)18-6-17-9/h2-5H,6H2,1H3. The van der Waals surface area contributed by atoms with Crippen LogP contribution in [0.25, 0.3) is 11.5 Å². The van der Waals surface area contributed by atoms with E-state index in [0.29, 0.717) is 23.0 Å². The zero-order valence-corrected chi connectivity index (χ0v) is 9.50. The highest BCUT2D eigenvalue weighted by Gasteiger charge is 2.17. The van der Waals surface area contributed by atoms with Crippen molar-refractivity contribution in [1.29, 1.82) is 0 Å². The molecule has 6 nitrogen and oxygen atoms in total. The minimum absolute atomic E-state index is 0.130. The summed E-state index contributed by atoms with van der Waals surface area (Å²) in [5.41, 5.74) is 0.833. The lowest BCUT2D eigenvalue weighted by molar-refractivity contribution is 0.0594. The first kappa shape index (κ1) is 10.6. The summed E-state index contributed by atoms with van der Waals surface area (Å²) in [4.78, 5) is 15.3. The molecule has 2 aromatic rings. The molecule has 0 bridgehead atoms. The molecule has 0 saturated carbocycles. The first-order valence-corrected chi connectivity index (χ1v) is 5.22. The monoisotopic (exact) mass is 247 g/mol. The maximum absolute atomic E-state index is 11.3. The zero-order chi connectivity index (χ0) is 12.5. The summed E-state index contributed by atoms with van der Waals surface area (Å²) < 4.78 is 20.2. The number of hydrogen-bond acceptors (Lipinski definition) is 6. The van der Waals surface area contributed by atoms with Crippen LogP contribution in [0.3, 0.4) is 0 Å². The average Bonchev–Trinajstić information content (AvgIpc) is 3.05. The SMILES string of the molecule is COC(=O)c1coc(-c2ccc3c(c2)OCO3)n1. The van der Waals surface area contributed by atoms with E-state index >= 15 is 0 Å². The molecule has 0 N–H and O–H groups in total. The highest BCUT2D eigenvalue weighted by Crippen LogP contribution is 2.35. The maximum Gasteiger partial charge on any atom is 0.360 e. The maximum atomic E-state index is 11.3. The Bertz CT molecular complexity index is 604. The molecule has 18 heavy (non-hydrogen) atoms. The molecule has 0 radical (unpaired) electrons. The third kappa shape index (κ3) is 1.67. The van der Waals surface area contributed by atoms with Crippen LogP contribution >= 0.6 is 0 Å². The van der Waals surface area contributed by atoms with E-state index in [0.717, 1.165) is 0 Å². The molecule has 1 aromatic carbocycles. The number of benzene rings is 1. The number of rotatable bonds is 2. The Labute approximate surface area is 102 Å². The molecule has 0 amide bonds. The van der Waals surface area contributed by atoms with Crippen molar-refractivity contribution in [3.63, 3.8) is 0 Å². The Morgan fingerprint density at radius 1 is 1.33 bits per heavy atom. The van der Waals surface area contributed by atoms with Crippen LogP contribution in [0.2, 0.25) is 0 Å². The predicted octanol–water partition coefficient (Wildman–Crippen LogP) is 1.86. The Kier molecular flexibility index (Phi) is 2.40. The number of oxazole rings is 1. The normalized spacial score (nSPS) is 12.5. The van der Waals surface area contributed by atoms with Crippen molar-refractivity contribution in [2.24, 2.45) is 0 Å². The van der Waals surface area contributed by atoms with Gasteiger partial charge in [-0.25, -0.2) is 9.78 Å². The fourth-order valence-corrected chi connectivity index (χ4v) is 1.63. The van der Waals surface area contributed by atoms with Crippen LogP contribution in [0.5, 0.6) is 11.5 Å². The molecule has 1 aliphatic heterocycles. The Balaban J connectivity index is 1.95. The molecule has 0 unspecified atom stereocenters. The van der Waals surface area contributed by atoms with E-state index < -0.39 is 5.97 Å². The van der Waals surface area contributed by atoms with Crippen molar-refractivity contribution in [2.45, 2.75) is 0 Å². The van der Waals surface area contributed by atoms with Gasteiger partial charge in [0.25, 0.3) is 0 Å². The van der Waals surface area contributed by atoms with Crippen molar-refractivity contribution in [3.05, 3.63) is 30.2 Å². The Morgan fingerprint density at radius 3 is 3.00 bits per heavy atom. The van der Waals surface area contributed by atoms with E-state index in [-0.39, 0.29) is 12.5 Å². The van der Waals surface area contributed by atoms with E-state index in [9.17, 15) is 4.79 Å². The Hall–Kier alpha value is -2.50. The van der Waals surface area contributed by atoms with Gasteiger partial charge in [0.1, 0.15) is 6.26 Å². The van der Waals surface area contributed by atoms with E-state index in [2.05, 4.69) is 9.72 Å². The van der Waals surface area contributed by atoms with Crippen molar-refractivity contribution in [3.8, 4) is 23.0 Å². The first-order valence-electron chi connectivity index (χ1n) is 5.22. The van der Waals surface area contributed by atoms with Gasteiger partial charge in [-0.3, -0.25) is 0 Å². The summed E-state index contributed by atoms with van der Waals surface area (Å²) in [5.74, 6) is 1.10. The summed E-state index contributed by atoms with van der Waals surface area (Å²) in [6.07, 6.45) is 1.26. The van der Waals surface area contributed by atoms with Crippen LogP contribution < -0.4 is 9.47 Å². The fourth-order valence-electron chi connectivity index (χ4n) is 1.63. The summed E-state index contributed by atoms with van der Waals surface area (Å²) in [6, 6.07) is 5.29. The number of fused-ring (bicyclic) bond motifs is 1. The molecule has 0 aliphatic carbocycles. The van der Waals surface area contributed by atoms with Gasteiger partial charge in [0.15, 0.2) is 17.2 Å². The van der Waals surface area contributed by atoms with E-state index in [1.807, 2.05) is 0 Å². The quantitative estimate of drug-likeness (QED) is 0.754. The summed E-state index contributed by atoms with van der Waals surface area (Å²) in [7, 11) is 1.29. The van der Waals surface area contributed by atoms with Crippen molar-refractivity contribution in [2.75, 3.05) is 13.9 Å². The highest BCUT2D eigenvalue weighted by atomic mass is 16.7.